The number of aromatic nitrogens is 1. The fourth-order valence-electron chi connectivity index (χ4n) is 1.94. The lowest BCUT2D eigenvalue weighted by atomic mass is 10.1. The van der Waals surface area contributed by atoms with Crippen LogP contribution in [0.25, 0.3) is 0 Å². The Morgan fingerprint density at radius 3 is 3.00 bits per heavy atom. The van der Waals surface area contributed by atoms with Crippen LogP contribution in [0.5, 0.6) is 5.75 Å². The summed E-state index contributed by atoms with van der Waals surface area (Å²) in [5.74, 6) is 0.570. The van der Waals surface area contributed by atoms with Crippen molar-refractivity contribution in [2.24, 2.45) is 5.10 Å². The van der Waals surface area contributed by atoms with Crippen molar-refractivity contribution in [2.75, 3.05) is 19.1 Å². The van der Waals surface area contributed by atoms with Crippen molar-refractivity contribution in [1.29, 1.82) is 0 Å². The first-order valence-corrected chi connectivity index (χ1v) is 8.04. The zero-order valence-corrected chi connectivity index (χ0v) is 14.1. The predicted molar refractivity (Wildman–Crippen MR) is 91.4 cm³/mol. The van der Waals surface area contributed by atoms with Gasteiger partial charge in [-0.3, -0.25) is 10.2 Å². The Labute approximate surface area is 139 Å². The summed E-state index contributed by atoms with van der Waals surface area (Å²) in [5, 5.41) is 6.60. The monoisotopic (exact) mass is 333 g/mol. The van der Waals surface area contributed by atoms with Gasteiger partial charge in [0.2, 0.25) is 5.13 Å². The van der Waals surface area contributed by atoms with E-state index in [1.54, 1.807) is 20.2 Å². The molecule has 1 N–H and O–H groups in total. The molecule has 7 heteroatoms. The topological polar surface area (TPSA) is 72.8 Å². The third-order valence-corrected chi connectivity index (χ3v) is 3.77. The van der Waals surface area contributed by atoms with Gasteiger partial charge in [-0.25, -0.2) is 4.98 Å². The molecule has 1 aromatic carbocycles. The average Bonchev–Trinajstić information content (AvgIpc) is 2.95. The van der Waals surface area contributed by atoms with Crippen LogP contribution in [0, 0.1) is 6.92 Å². The number of thiazole rings is 1. The molecule has 0 saturated heterocycles. The number of carbonyl (C=O) groups excluding carboxylic acids is 1. The minimum atomic E-state index is -0.276. The Kier molecular flexibility index (Phi) is 6.10. The standard InChI is InChI=1S/C16H19N3O3S/c1-4-22-15(20)8-13-10-23-16(18-13)19-17-9-12-5-6-14(21-3)11(2)7-12/h5-7,9-10H,4,8H2,1-3H3,(H,18,19). The van der Waals surface area contributed by atoms with Crippen LogP contribution < -0.4 is 10.2 Å². The first-order valence-electron chi connectivity index (χ1n) is 7.16. The summed E-state index contributed by atoms with van der Waals surface area (Å²) in [6.45, 7) is 4.13. The van der Waals surface area contributed by atoms with Gasteiger partial charge in [-0.1, -0.05) is 0 Å². The van der Waals surface area contributed by atoms with E-state index in [9.17, 15) is 4.79 Å². The summed E-state index contributed by atoms with van der Waals surface area (Å²) < 4.78 is 10.1. The highest BCUT2D eigenvalue weighted by Crippen LogP contribution is 2.18. The lowest BCUT2D eigenvalue weighted by molar-refractivity contribution is -0.142. The van der Waals surface area contributed by atoms with Crippen molar-refractivity contribution in [3.63, 3.8) is 0 Å². The summed E-state index contributed by atoms with van der Waals surface area (Å²) in [4.78, 5) is 15.7. The molecule has 0 amide bonds. The van der Waals surface area contributed by atoms with Crippen LogP contribution in [0.15, 0.2) is 28.7 Å². The second kappa shape index (κ2) is 8.28. The van der Waals surface area contributed by atoms with E-state index in [1.165, 1.54) is 11.3 Å². The van der Waals surface area contributed by atoms with Crippen LogP contribution in [0.1, 0.15) is 23.7 Å². The quantitative estimate of drug-likeness (QED) is 0.479. The lowest BCUT2D eigenvalue weighted by Gasteiger charge is -2.04. The molecule has 23 heavy (non-hydrogen) atoms. The third-order valence-electron chi connectivity index (χ3n) is 2.98. The molecular weight excluding hydrogens is 314 g/mol. The van der Waals surface area contributed by atoms with E-state index in [2.05, 4.69) is 15.5 Å². The number of methoxy groups -OCH3 is 1. The van der Waals surface area contributed by atoms with E-state index in [1.807, 2.05) is 30.5 Å². The normalized spacial score (nSPS) is 10.7. The van der Waals surface area contributed by atoms with Crippen molar-refractivity contribution in [1.82, 2.24) is 4.98 Å². The van der Waals surface area contributed by atoms with Crippen molar-refractivity contribution >= 4 is 28.7 Å². The minimum absolute atomic E-state index is 0.174. The molecule has 2 aromatic rings. The Balaban J connectivity index is 1.92. The maximum Gasteiger partial charge on any atom is 0.311 e. The smallest absolute Gasteiger partial charge is 0.311 e. The number of nitrogens with one attached hydrogen (secondary N) is 1. The number of hydrogen-bond donors (Lipinski definition) is 1. The molecule has 0 fully saturated rings. The van der Waals surface area contributed by atoms with E-state index in [0.29, 0.717) is 17.4 Å². The van der Waals surface area contributed by atoms with E-state index in [0.717, 1.165) is 16.9 Å². The zero-order chi connectivity index (χ0) is 16.7. The first kappa shape index (κ1) is 17.0. The van der Waals surface area contributed by atoms with Gasteiger partial charge < -0.3 is 9.47 Å². The number of esters is 1. The van der Waals surface area contributed by atoms with Gasteiger partial charge in [0, 0.05) is 5.38 Å². The molecule has 0 atom stereocenters. The molecule has 0 aliphatic heterocycles. The molecule has 0 spiro atoms. The van der Waals surface area contributed by atoms with E-state index < -0.39 is 0 Å². The summed E-state index contributed by atoms with van der Waals surface area (Å²) in [6, 6.07) is 5.81. The van der Waals surface area contributed by atoms with Gasteiger partial charge in [-0.2, -0.15) is 5.10 Å². The predicted octanol–water partition coefficient (Wildman–Crippen LogP) is 3.01. The van der Waals surface area contributed by atoms with Crippen LogP contribution >= 0.6 is 11.3 Å². The number of hydrazone groups is 1. The molecule has 1 heterocycles. The zero-order valence-electron chi connectivity index (χ0n) is 13.3. The largest absolute Gasteiger partial charge is 0.496 e. The molecule has 0 aliphatic carbocycles. The van der Waals surface area contributed by atoms with Crippen LogP contribution in [0.2, 0.25) is 0 Å². The maximum absolute atomic E-state index is 11.4. The maximum atomic E-state index is 11.4. The van der Waals surface area contributed by atoms with Crippen molar-refractivity contribution < 1.29 is 14.3 Å². The van der Waals surface area contributed by atoms with Gasteiger partial charge >= 0.3 is 5.97 Å². The fourth-order valence-corrected chi connectivity index (χ4v) is 2.60. The Bertz CT molecular complexity index is 698. The number of nitrogens with zero attached hydrogens (tertiary/aromatic N) is 2. The number of aryl methyl sites for hydroxylation is 1. The van der Waals surface area contributed by atoms with Gasteiger partial charge in [-0.15, -0.1) is 11.3 Å². The highest BCUT2D eigenvalue weighted by molar-refractivity contribution is 7.13. The minimum Gasteiger partial charge on any atom is -0.496 e. The molecular formula is C16H19N3O3S. The molecule has 0 unspecified atom stereocenters. The van der Waals surface area contributed by atoms with Crippen LogP contribution in [0.3, 0.4) is 0 Å². The fraction of sp³-hybridized carbons (Fsp3) is 0.312. The van der Waals surface area contributed by atoms with Gasteiger partial charge in [-0.05, 0) is 43.2 Å². The lowest BCUT2D eigenvalue weighted by Crippen LogP contribution is -2.07. The van der Waals surface area contributed by atoms with Crippen LogP contribution in [-0.4, -0.2) is 30.9 Å². The summed E-state index contributed by atoms with van der Waals surface area (Å²) >= 11 is 1.39. The van der Waals surface area contributed by atoms with E-state index in [4.69, 9.17) is 9.47 Å². The highest BCUT2D eigenvalue weighted by atomic mass is 32.1. The highest BCUT2D eigenvalue weighted by Gasteiger charge is 2.07. The SMILES string of the molecule is CCOC(=O)Cc1csc(NN=Cc2ccc(OC)c(C)c2)n1. The number of benzene rings is 1. The number of ether oxygens (including phenoxy) is 2. The van der Waals surface area contributed by atoms with Gasteiger partial charge in [0.25, 0.3) is 0 Å². The van der Waals surface area contributed by atoms with Crippen LogP contribution in [0.4, 0.5) is 5.13 Å². The Morgan fingerprint density at radius 1 is 1.48 bits per heavy atom. The van der Waals surface area contributed by atoms with Crippen molar-refractivity contribution in [3.05, 3.63) is 40.4 Å². The second-order valence-electron chi connectivity index (χ2n) is 4.72. The second-order valence-corrected chi connectivity index (χ2v) is 5.58. The molecule has 2 rings (SSSR count). The Hall–Kier alpha value is -2.41. The van der Waals surface area contributed by atoms with Crippen molar-refractivity contribution in [2.45, 2.75) is 20.3 Å². The third kappa shape index (κ3) is 5.07. The number of rotatable bonds is 7. The van der Waals surface area contributed by atoms with Crippen LogP contribution in [-0.2, 0) is 16.0 Å². The van der Waals surface area contributed by atoms with E-state index >= 15 is 0 Å². The van der Waals surface area contributed by atoms with Crippen molar-refractivity contribution in [3.8, 4) is 5.75 Å². The molecule has 0 saturated carbocycles. The summed E-state index contributed by atoms with van der Waals surface area (Å²) in [7, 11) is 1.65. The molecule has 0 bridgehead atoms. The molecule has 0 aliphatic rings. The van der Waals surface area contributed by atoms with Gasteiger partial charge in [0.1, 0.15) is 5.75 Å². The average molecular weight is 333 g/mol. The molecule has 1 aromatic heterocycles. The summed E-state index contributed by atoms with van der Waals surface area (Å²) in [6.07, 6.45) is 1.88. The first-order chi connectivity index (χ1) is 11.1. The molecule has 122 valence electrons. The molecule has 0 radical (unpaired) electrons. The number of anilines is 1. The van der Waals surface area contributed by atoms with E-state index in [-0.39, 0.29) is 12.4 Å². The van der Waals surface area contributed by atoms with Gasteiger partial charge in [0.05, 0.1) is 32.0 Å². The summed E-state index contributed by atoms with van der Waals surface area (Å²) in [5.41, 5.74) is 5.53. The molecule has 6 nitrogen and oxygen atoms in total. The number of hydrogen-bond acceptors (Lipinski definition) is 7. The Morgan fingerprint density at radius 2 is 2.30 bits per heavy atom. The number of carbonyl (C=O) groups is 1. The van der Waals surface area contributed by atoms with Gasteiger partial charge in [0.15, 0.2) is 0 Å².